The number of carbonyl (C=O) groups is 1. The Morgan fingerprint density at radius 3 is 2.95 bits per heavy atom. The van der Waals surface area contributed by atoms with Gasteiger partial charge in [-0.1, -0.05) is 12.8 Å². The molecule has 6 heteroatoms. The van der Waals surface area contributed by atoms with E-state index in [0.29, 0.717) is 17.9 Å². The van der Waals surface area contributed by atoms with Crippen LogP contribution in [0.4, 0.5) is 5.82 Å². The number of carboxylic acids is 1. The number of aromatic nitrogens is 3. The first-order valence-electron chi connectivity index (χ1n) is 7.17. The van der Waals surface area contributed by atoms with Gasteiger partial charge in [0.1, 0.15) is 11.3 Å². The monoisotopic (exact) mass is 286 g/mol. The molecule has 3 rings (SSSR count). The van der Waals surface area contributed by atoms with Gasteiger partial charge in [-0.3, -0.25) is 9.78 Å². The minimum atomic E-state index is -0.753. The maximum atomic E-state index is 11.6. The first-order valence-corrected chi connectivity index (χ1v) is 7.17. The summed E-state index contributed by atoms with van der Waals surface area (Å²) in [5, 5.41) is 12.8. The minimum absolute atomic E-state index is 0.120. The molecule has 2 unspecified atom stereocenters. The van der Waals surface area contributed by atoms with E-state index in [9.17, 15) is 9.90 Å². The van der Waals surface area contributed by atoms with Crippen LogP contribution in [0.1, 0.15) is 32.6 Å². The van der Waals surface area contributed by atoms with Crippen LogP contribution in [0.15, 0.2) is 24.5 Å². The molecule has 2 atom stereocenters. The van der Waals surface area contributed by atoms with Crippen LogP contribution in [-0.4, -0.2) is 32.1 Å². The molecule has 0 saturated heterocycles. The zero-order valence-electron chi connectivity index (χ0n) is 11.9. The summed E-state index contributed by atoms with van der Waals surface area (Å²) in [4.78, 5) is 24.4. The Morgan fingerprint density at radius 2 is 2.14 bits per heavy atom. The smallest absolute Gasteiger partial charge is 0.311 e. The van der Waals surface area contributed by atoms with Gasteiger partial charge in [-0.25, -0.2) is 9.97 Å². The first kappa shape index (κ1) is 13.7. The fourth-order valence-corrected chi connectivity index (χ4v) is 2.93. The Morgan fingerprint density at radius 1 is 1.33 bits per heavy atom. The molecule has 0 amide bonds. The third kappa shape index (κ3) is 2.53. The SMILES string of the molecule is CC1(C(=O)O)CCCCC1Nc1ccc2nccnc2n1. The summed E-state index contributed by atoms with van der Waals surface area (Å²) in [6.45, 7) is 1.81. The molecule has 1 aliphatic rings. The number of rotatable bonds is 3. The minimum Gasteiger partial charge on any atom is -0.481 e. The predicted octanol–water partition coefficient (Wildman–Crippen LogP) is 2.47. The highest BCUT2D eigenvalue weighted by Gasteiger charge is 2.43. The number of hydrogen-bond donors (Lipinski definition) is 2. The molecule has 21 heavy (non-hydrogen) atoms. The molecule has 2 aromatic heterocycles. The van der Waals surface area contributed by atoms with Crippen LogP contribution in [0.5, 0.6) is 0 Å². The molecule has 0 spiro atoms. The van der Waals surface area contributed by atoms with Crippen molar-refractivity contribution in [2.45, 2.75) is 38.6 Å². The van der Waals surface area contributed by atoms with Gasteiger partial charge < -0.3 is 10.4 Å². The number of pyridine rings is 1. The Bertz CT molecular complexity index is 676. The lowest BCUT2D eigenvalue weighted by Crippen LogP contribution is -2.46. The summed E-state index contributed by atoms with van der Waals surface area (Å²) in [6.07, 6.45) is 6.74. The van der Waals surface area contributed by atoms with E-state index in [1.807, 2.05) is 19.1 Å². The van der Waals surface area contributed by atoms with E-state index in [1.54, 1.807) is 12.4 Å². The number of fused-ring (bicyclic) bond motifs is 1. The van der Waals surface area contributed by atoms with Crippen molar-refractivity contribution >= 4 is 23.0 Å². The largest absolute Gasteiger partial charge is 0.481 e. The zero-order chi connectivity index (χ0) is 14.9. The normalized spacial score (nSPS) is 25.7. The number of hydrogen-bond acceptors (Lipinski definition) is 5. The van der Waals surface area contributed by atoms with Gasteiger partial charge in [0.25, 0.3) is 0 Å². The highest BCUT2D eigenvalue weighted by atomic mass is 16.4. The van der Waals surface area contributed by atoms with E-state index in [0.717, 1.165) is 24.8 Å². The third-order valence-electron chi connectivity index (χ3n) is 4.35. The van der Waals surface area contributed by atoms with Crippen LogP contribution < -0.4 is 5.32 Å². The van der Waals surface area contributed by atoms with E-state index >= 15 is 0 Å². The number of nitrogens with zero attached hydrogens (tertiary/aromatic N) is 3. The molecule has 110 valence electrons. The van der Waals surface area contributed by atoms with Gasteiger partial charge in [0.2, 0.25) is 0 Å². The van der Waals surface area contributed by atoms with Gasteiger partial charge in [0, 0.05) is 18.4 Å². The molecule has 2 N–H and O–H groups in total. The second-order valence-electron chi connectivity index (χ2n) is 5.76. The highest BCUT2D eigenvalue weighted by molar-refractivity contribution is 5.76. The van der Waals surface area contributed by atoms with Crippen LogP contribution in [0.3, 0.4) is 0 Å². The standard InChI is InChI=1S/C15H18N4O2/c1-15(14(20)21)7-3-2-4-11(15)18-12-6-5-10-13(19-12)17-9-8-16-10/h5-6,8-9,11H,2-4,7H2,1H3,(H,20,21)(H,17,18,19). The Balaban J connectivity index is 1.87. The van der Waals surface area contributed by atoms with Crippen molar-refractivity contribution in [1.29, 1.82) is 0 Å². The van der Waals surface area contributed by atoms with Crippen LogP contribution in [0, 0.1) is 5.41 Å². The Labute approximate surface area is 122 Å². The maximum Gasteiger partial charge on any atom is 0.311 e. The highest BCUT2D eigenvalue weighted by Crippen LogP contribution is 2.38. The average molecular weight is 286 g/mol. The van der Waals surface area contributed by atoms with Gasteiger partial charge in [-0.2, -0.15) is 0 Å². The van der Waals surface area contributed by atoms with E-state index in [2.05, 4.69) is 20.3 Å². The topological polar surface area (TPSA) is 88.0 Å². The van der Waals surface area contributed by atoms with Crippen LogP contribution in [0.25, 0.3) is 11.2 Å². The lowest BCUT2D eigenvalue weighted by atomic mass is 9.71. The lowest BCUT2D eigenvalue weighted by molar-refractivity contribution is -0.150. The van der Waals surface area contributed by atoms with E-state index in [1.165, 1.54) is 0 Å². The molecular formula is C15H18N4O2. The number of anilines is 1. The van der Waals surface area contributed by atoms with Crippen molar-refractivity contribution in [3.05, 3.63) is 24.5 Å². The van der Waals surface area contributed by atoms with Gasteiger partial charge in [-0.15, -0.1) is 0 Å². The fourth-order valence-electron chi connectivity index (χ4n) is 2.93. The average Bonchev–Trinajstić information content (AvgIpc) is 2.49. The summed E-state index contributed by atoms with van der Waals surface area (Å²) < 4.78 is 0. The molecule has 0 aromatic carbocycles. The first-order chi connectivity index (χ1) is 10.1. The van der Waals surface area contributed by atoms with Gasteiger partial charge in [0.15, 0.2) is 5.65 Å². The lowest BCUT2D eigenvalue weighted by Gasteiger charge is -2.38. The van der Waals surface area contributed by atoms with E-state index in [-0.39, 0.29) is 6.04 Å². The van der Waals surface area contributed by atoms with Crippen LogP contribution in [-0.2, 0) is 4.79 Å². The number of nitrogens with one attached hydrogen (secondary N) is 1. The van der Waals surface area contributed by atoms with Crippen molar-refractivity contribution in [3.8, 4) is 0 Å². The molecular weight excluding hydrogens is 268 g/mol. The molecule has 6 nitrogen and oxygen atoms in total. The second kappa shape index (κ2) is 5.27. The van der Waals surface area contributed by atoms with Crippen LogP contribution >= 0.6 is 0 Å². The Hall–Kier alpha value is -2.24. The van der Waals surface area contributed by atoms with Crippen molar-refractivity contribution in [1.82, 2.24) is 15.0 Å². The molecule has 0 bridgehead atoms. The third-order valence-corrected chi connectivity index (χ3v) is 4.35. The molecule has 1 saturated carbocycles. The molecule has 1 aliphatic carbocycles. The van der Waals surface area contributed by atoms with Crippen LogP contribution in [0.2, 0.25) is 0 Å². The molecule has 1 fully saturated rings. The summed E-state index contributed by atoms with van der Waals surface area (Å²) >= 11 is 0. The van der Waals surface area contributed by atoms with Gasteiger partial charge in [0.05, 0.1) is 5.41 Å². The van der Waals surface area contributed by atoms with Crippen molar-refractivity contribution in [3.63, 3.8) is 0 Å². The van der Waals surface area contributed by atoms with Crippen molar-refractivity contribution in [2.75, 3.05) is 5.32 Å². The second-order valence-corrected chi connectivity index (χ2v) is 5.76. The summed E-state index contributed by atoms with van der Waals surface area (Å²) in [5.41, 5.74) is 0.542. The van der Waals surface area contributed by atoms with Gasteiger partial charge in [-0.05, 0) is 31.9 Å². The molecule has 2 heterocycles. The maximum absolute atomic E-state index is 11.6. The summed E-state index contributed by atoms with van der Waals surface area (Å²) in [6, 6.07) is 3.55. The number of aliphatic carboxylic acids is 1. The van der Waals surface area contributed by atoms with Crippen molar-refractivity contribution < 1.29 is 9.90 Å². The van der Waals surface area contributed by atoms with E-state index < -0.39 is 11.4 Å². The number of carboxylic acid groups (broad SMARTS) is 1. The summed E-state index contributed by atoms with van der Waals surface area (Å²) in [5.74, 6) is -0.0948. The summed E-state index contributed by atoms with van der Waals surface area (Å²) in [7, 11) is 0. The molecule has 2 aromatic rings. The molecule has 0 radical (unpaired) electrons. The predicted molar refractivity (Wildman–Crippen MR) is 79.0 cm³/mol. The van der Waals surface area contributed by atoms with E-state index in [4.69, 9.17) is 0 Å². The quantitative estimate of drug-likeness (QED) is 0.901. The molecule has 0 aliphatic heterocycles. The zero-order valence-corrected chi connectivity index (χ0v) is 11.9. The van der Waals surface area contributed by atoms with Gasteiger partial charge >= 0.3 is 5.97 Å². The Kier molecular flexibility index (Phi) is 3.45. The fraction of sp³-hybridized carbons (Fsp3) is 0.467. The van der Waals surface area contributed by atoms with Crippen molar-refractivity contribution in [2.24, 2.45) is 5.41 Å².